The van der Waals surface area contributed by atoms with Crippen molar-refractivity contribution < 1.29 is 0 Å². The molecule has 1 heterocycles. The van der Waals surface area contributed by atoms with E-state index in [0.717, 1.165) is 45.8 Å². The van der Waals surface area contributed by atoms with Gasteiger partial charge in [0, 0.05) is 16.7 Å². The highest BCUT2D eigenvalue weighted by molar-refractivity contribution is 6.32. The maximum Gasteiger partial charge on any atom is 0.164 e. The van der Waals surface area contributed by atoms with Crippen molar-refractivity contribution in [2.45, 2.75) is 44.9 Å². The quantitative estimate of drug-likeness (QED) is 0.203. The van der Waals surface area contributed by atoms with Gasteiger partial charge in [0.05, 0.1) is 0 Å². The maximum absolute atomic E-state index is 5.04. The van der Waals surface area contributed by atoms with Crippen LogP contribution in [-0.2, 0) is 5.41 Å². The summed E-state index contributed by atoms with van der Waals surface area (Å²) in [5, 5.41) is 0. The van der Waals surface area contributed by atoms with Crippen LogP contribution >= 0.6 is 0 Å². The molecule has 2 aliphatic rings. The molecule has 7 rings (SSSR count). The number of hydrogen-bond donors (Lipinski definition) is 0. The van der Waals surface area contributed by atoms with Gasteiger partial charge in [0.15, 0.2) is 17.5 Å². The molecule has 2 fully saturated rings. The Balaban J connectivity index is 1.27. The van der Waals surface area contributed by atoms with Gasteiger partial charge >= 0.3 is 0 Å². The van der Waals surface area contributed by atoms with E-state index in [1.54, 1.807) is 0 Å². The van der Waals surface area contributed by atoms with Crippen LogP contribution in [0.1, 0.15) is 45.1 Å². The normalized spacial score (nSPS) is 22.8. The van der Waals surface area contributed by atoms with E-state index in [2.05, 4.69) is 119 Å². The first kappa shape index (κ1) is 25.9. The zero-order valence-corrected chi connectivity index (χ0v) is 24.2. The van der Waals surface area contributed by atoms with Crippen LogP contribution in [0.5, 0.6) is 0 Å². The predicted octanol–water partition coefficient (Wildman–Crippen LogP) is 7.51. The van der Waals surface area contributed by atoms with Crippen molar-refractivity contribution in [3.8, 4) is 45.3 Å². The fraction of sp³-hybridized carbons (Fsp3) is 0.270. The highest BCUT2D eigenvalue weighted by atomic mass is 15.0. The lowest BCUT2D eigenvalue weighted by Gasteiger charge is -2.68. The van der Waals surface area contributed by atoms with Crippen molar-refractivity contribution in [2.24, 2.45) is 17.8 Å². The monoisotopic (exact) mass is 533 g/mol. The summed E-state index contributed by atoms with van der Waals surface area (Å²) in [5.74, 6) is 4.76. The first-order valence-electron chi connectivity index (χ1n) is 15.2. The molecule has 202 valence electrons. The molecule has 0 saturated heterocycles. The number of fused-ring (bicyclic) bond motifs is 1. The van der Waals surface area contributed by atoms with Crippen molar-refractivity contribution in [1.82, 2.24) is 15.0 Å². The molecule has 4 heteroatoms. The van der Waals surface area contributed by atoms with E-state index in [1.165, 1.54) is 42.3 Å². The number of aromatic nitrogens is 3. The lowest BCUT2D eigenvalue weighted by atomic mass is 9.36. The van der Waals surface area contributed by atoms with E-state index in [-0.39, 0.29) is 0 Å². The number of nitrogens with zero attached hydrogens (tertiary/aromatic N) is 3. The van der Waals surface area contributed by atoms with Crippen molar-refractivity contribution in [3.05, 3.63) is 109 Å². The van der Waals surface area contributed by atoms with Crippen molar-refractivity contribution >= 4 is 13.3 Å². The minimum Gasteiger partial charge on any atom is -0.208 e. The Hall–Kier alpha value is -4.05. The van der Waals surface area contributed by atoms with Gasteiger partial charge in [0.25, 0.3) is 0 Å². The van der Waals surface area contributed by atoms with E-state index in [9.17, 15) is 0 Å². The Labute approximate surface area is 244 Å². The van der Waals surface area contributed by atoms with Gasteiger partial charge in [-0.2, -0.15) is 0 Å². The minimum atomic E-state index is 0.398. The summed E-state index contributed by atoms with van der Waals surface area (Å²) >= 11 is 0. The van der Waals surface area contributed by atoms with Crippen LogP contribution in [0.4, 0.5) is 0 Å². The molecule has 1 aromatic heterocycles. The Morgan fingerprint density at radius 2 is 1.10 bits per heavy atom. The van der Waals surface area contributed by atoms with Gasteiger partial charge in [0.2, 0.25) is 0 Å². The summed E-state index contributed by atoms with van der Waals surface area (Å²) in [5.41, 5.74) is 8.47. The summed E-state index contributed by atoms with van der Waals surface area (Å²) < 4.78 is 0. The Bertz CT molecular complexity index is 1660. The molecule has 3 nitrogen and oxygen atoms in total. The third-order valence-corrected chi connectivity index (χ3v) is 9.85. The molecule has 2 saturated carbocycles. The molecule has 0 amide bonds. The number of rotatable bonds is 7. The average Bonchev–Trinajstić information content (AvgIpc) is 3.02. The van der Waals surface area contributed by atoms with E-state index < -0.39 is 0 Å². The maximum atomic E-state index is 5.04. The molecule has 4 aromatic carbocycles. The van der Waals surface area contributed by atoms with Gasteiger partial charge in [-0.15, -0.1) is 0 Å². The molecule has 2 aliphatic carbocycles. The summed E-state index contributed by atoms with van der Waals surface area (Å²) in [4.78, 5) is 15.0. The lowest BCUT2D eigenvalue weighted by Crippen LogP contribution is -2.63. The molecule has 5 aromatic rings. The lowest BCUT2D eigenvalue weighted by molar-refractivity contribution is -0.126. The zero-order valence-electron chi connectivity index (χ0n) is 24.2. The van der Waals surface area contributed by atoms with Gasteiger partial charge in [-0.25, -0.2) is 15.0 Å². The van der Waals surface area contributed by atoms with E-state index in [1.807, 2.05) is 6.07 Å². The van der Waals surface area contributed by atoms with Crippen molar-refractivity contribution in [3.63, 3.8) is 0 Å². The van der Waals surface area contributed by atoms with Crippen LogP contribution in [0.15, 0.2) is 103 Å². The standard InChI is InChI=1S/C37H36BN3/c1-3-24-22-37(23-25(4-2)33(24)37)31-17-13-27(14-18-31)34-39-35(28-15-19-32(38)20-16-28)41-36(40-34)30-12-8-11-29(21-30)26-9-6-5-7-10-26/h5-21,24-25,33H,3-4,22-23,38H2,1-2H3/t24-,25+,33?,37?. The molecule has 41 heavy (non-hydrogen) atoms. The summed E-state index contributed by atoms with van der Waals surface area (Å²) in [6.07, 6.45) is 5.30. The Morgan fingerprint density at radius 1 is 0.585 bits per heavy atom. The smallest absolute Gasteiger partial charge is 0.164 e. The van der Waals surface area contributed by atoms with Gasteiger partial charge < -0.3 is 0 Å². The Morgan fingerprint density at radius 3 is 1.68 bits per heavy atom. The van der Waals surface area contributed by atoms with Crippen LogP contribution in [0.3, 0.4) is 0 Å². The molecule has 0 N–H and O–H groups in total. The molecule has 0 bridgehead atoms. The summed E-state index contributed by atoms with van der Waals surface area (Å²) in [7, 11) is 2.10. The first-order chi connectivity index (χ1) is 20.1. The van der Waals surface area contributed by atoms with Crippen LogP contribution in [0.2, 0.25) is 0 Å². The fourth-order valence-electron chi connectivity index (χ4n) is 7.62. The fourth-order valence-corrected chi connectivity index (χ4v) is 7.62. The Kier molecular flexibility index (Phi) is 6.58. The molecule has 0 spiro atoms. The van der Waals surface area contributed by atoms with Gasteiger partial charge in [-0.3, -0.25) is 0 Å². The minimum absolute atomic E-state index is 0.398. The predicted molar refractivity (Wildman–Crippen MR) is 172 cm³/mol. The van der Waals surface area contributed by atoms with Crippen molar-refractivity contribution in [2.75, 3.05) is 0 Å². The molecular weight excluding hydrogens is 497 g/mol. The second-order valence-electron chi connectivity index (χ2n) is 12.1. The molecule has 0 aliphatic heterocycles. The third-order valence-electron chi connectivity index (χ3n) is 9.85. The van der Waals surface area contributed by atoms with Gasteiger partial charge in [0.1, 0.15) is 7.85 Å². The summed E-state index contributed by atoms with van der Waals surface area (Å²) in [6.45, 7) is 4.73. The van der Waals surface area contributed by atoms with E-state index in [4.69, 9.17) is 15.0 Å². The highest BCUT2D eigenvalue weighted by Crippen LogP contribution is 2.69. The largest absolute Gasteiger partial charge is 0.208 e. The number of benzene rings is 4. The second-order valence-corrected chi connectivity index (χ2v) is 12.1. The van der Waals surface area contributed by atoms with Crippen LogP contribution in [0.25, 0.3) is 45.3 Å². The third kappa shape index (κ3) is 4.50. The van der Waals surface area contributed by atoms with Crippen LogP contribution in [0, 0.1) is 17.8 Å². The molecule has 2 unspecified atom stereocenters. The van der Waals surface area contributed by atoms with Gasteiger partial charge in [-0.1, -0.05) is 129 Å². The van der Waals surface area contributed by atoms with Crippen LogP contribution in [-0.4, -0.2) is 22.8 Å². The topological polar surface area (TPSA) is 38.7 Å². The summed E-state index contributed by atoms with van der Waals surface area (Å²) in [6, 6.07) is 36.6. The van der Waals surface area contributed by atoms with Gasteiger partial charge in [-0.05, 0) is 58.8 Å². The second kappa shape index (κ2) is 10.4. The van der Waals surface area contributed by atoms with Crippen molar-refractivity contribution in [1.29, 1.82) is 0 Å². The first-order valence-corrected chi connectivity index (χ1v) is 15.2. The van der Waals surface area contributed by atoms with E-state index >= 15 is 0 Å². The SMILES string of the molecule is Bc1ccc(-c2nc(-c3ccc(C45C[C@@H](CC)C4[C@@H](CC)C5)cc3)nc(-c3cccc(-c4ccccc4)c3)n2)cc1. The molecule has 4 atom stereocenters. The zero-order chi connectivity index (χ0) is 28.0. The van der Waals surface area contributed by atoms with Crippen LogP contribution < -0.4 is 5.46 Å². The van der Waals surface area contributed by atoms with E-state index in [0.29, 0.717) is 17.1 Å². The molecular formula is C37H36BN3. The molecule has 0 radical (unpaired) electrons. The highest BCUT2D eigenvalue weighted by Gasteiger charge is 2.63. The number of hydrogen-bond acceptors (Lipinski definition) is 3. The average molecular weight is 534 g/mol.